The van der Waals surface area contributed by atoms with Crippen molar-refractivity contribution in [3.8, 4) is 0 Å². The molecule has 1 fully saturated rings. The van der Waals surface area contributed by atoms with Gasteiger partial charge in [-0.3, -0.25) is 16.3 Å². The Hall–Kier alpha value is -1.45. The summed E-state index contributed by atoms with van der Waals surface area (Å²) in [6.07, 6.45) is 11.2. The largest absolute Gasteiger partial charge is 0.271 e. The Morgan fingerprint density at radius 1 is 1.00 bits per heavy atom. The molecule has 1 aliphatic rings. The van der Waals surface area contributed by atoms with Crippen LogP contribution in [0.25, 0.3) is 10.9 Å². The summed E-state index contributed by atoms with van der Waals surface area (Å²) in [5.74, 6) is 6.55. The van der Waals surface area contributed by atoms with Gasteiger partial charge in [0, 0.05) is 11.6 Å². The zero-order chi connectivity index (χ0) is 14.5. The molecule has 1 unspecified atom stereocenters. The van der Waals surface area contributed by atoms with Crippen LogP contribution in [0.1, 0.15) is 56.6 Å². The van der Waals surface area contributed by atoms with Crippen LogP contribution in [-0.4, -0.2) is 4.98 Å². The fourth-order valence-electron chi connectivity index (χ4n) is 3.68. The van der Waals surface area contributed by atoms with Gasteiger partial charge in [0.1, 0.15) is 0 Å². The van der Waals surface area contributed by atoms with Gasteiger partial charge in [-0.1, -0.05) is 56.4 Å². The SMILES string of the molecule is NNC(c1cccc2cccnc12)C1CCCCCCC1. The molecule has 1 saturated carbocycles. The average Bonchev–Trinajstić information content (AvgIpc) is 2.50. The lowest BCUT2D eigenvalue weighted by molar-refractivity contribution is 0.291. The van der Waals surface area contributed by atoms with E-state index in [0.29, 0.717) is 5.92 Å². The predicted octanol–water partition coefficient (Wildman–Crippen LogP) is 4.10. The molecule has 3 nitrogen and oxygen atoms in total. The van der Waals surface area contributed by atoms with Crippen molar-refractivity contribution in [2.24, 2.45) is 11.8 Å². The first kappa shape index (κ1) is 14.5. The fourth-order valence-corrected chi connectivity index (χ4v) is 3.68. The minimum atomic E-state index is 0.210. The van der Waals surface area contributed by atoms with E-state index in [-0.39, 0.29) is 6.04 Å². The van der Waals surface area contributed by atoms with Gasteiger partial charge in [0.25, 0.3) is 0 Å². The number of fused-ring (bicyclic) bond motifs is 1. The Labute approximate surface area is 126 Å². The number of hydrogen-bond donors (Lipinski definition) is 2. The van der Waals surface area contributed by atoms with Crippen LogP contribution in [0.3, 0.4) is 0 Å². The zero-order valence-electron chi connectivity index (χ0n) is 12.6. The first-order valence-electron chi connectivity index (χ1n) is 8.20. The van der Waals surface area contributed by atoms with E-state index in [1.54, 1.807) is 0 Å². The molecule has 21 heavy (non-hydrogen) atoms. The minimum absolute atomic E-state index is 0.210. The highest BCUT2D eigenvalue weighted by Gasteiger charge is 2.24. The molecule has 1 atom stereocenters. The molecule has 0 saturated heterocycles. The number of nitrogens with one attached hydrogen (secondary N) is 1. The fraction of sp³-hybridized carbons (Fsp3) is 0.500. The zero-order valence-corrected chi connectivity index (χ0v) is 12.6. The highest BCUT2D eigenvalue weighted by Crippen LogP contribution is 2.34. The van der Waals surface area contributed by atoms with Crippen LogP contribution >= 0.6 is 0 Å². The van der Waals surface area contributed by atoms with Crippen molar-refractivity contribution in [2.45, 2.75) is 51.0 Å². The van der Waals surface area contributed by atoms with Gasteiger partial charge in [-0.05, 0) is 30.4 Å². The lowest BCUT2D eigenvalue weighted by Gasteiger charge is -2.29. The highest BCUT2D eigenvalue weighted by atomic mass is 15.2. The lowest BCUT2D eigenvalue weighted by Crippen LogP contribution is -2.34. The molecule has 0 aliphatic heterocycles. The van der Waals surface area contributed by atoms with E-state index in [2.05, 4.69) is 34.7 Å². The second-order valence-electron chi connectivity index (χ2n) is 6.17. The van der Waals surface area contributed by atoms with E-state index >= 15 is 0 Å². The number of pyridine rings is 1. The standard InChI is InChI=1S/C18H25N3/c19-21-18(15-8-4-2-1-3-5-9-15)16-12-6-10-14-11-7-13-20-17(14)16/h6-7,10-13,15,18,21H,1-5,8-9,19H2. The van der Waals surface area contributed by atoms with Gasteiger partial charge in [-0.2, -0.15) is 0 Å². The average molecular weight is 283 g/mol. The normalized spacial score (nSPS) is 19.1. The van der Waals surface area contributed by atoms with E-state index in [1.807, 2.05) is 12.3 Å². The predicted molar refractivity (Wildman–Crippen MR) is 87.6 cm³/mol. The first-order chi connectivity index (χ1) is 10.4. The lowest BCUT2D eigenvalue weighted by atomic mass is 9.82. The van der Waals surface area contributed by atoms with Crippen LogP contribution < -0.4 is 11.3 Å². The molecule has 1 aromatic carbocycles. The number of rotatable bonds is 3. The molecule has 1 aromatic heterocycles. The van der Waals surface area contributed by atoms with Crippen molar-refractivity contribution in [1.82, 2.24) is 10.4 Å². The third-order valence-corrected chi connectivity index (χ3v) is 4.80. The van der Waals surface area contributed by atoms with E-state index in [9.17, 15) is 0 Å². The van der Waals surface area contributed by atoms with Crippen LogP contribution in [0.15, 0.2) is 36.5 Å². The molecule has 112 valence electrons. The summed E-state index contributed by atoms with van der Waals surface area (Å²) in [6.45, 7) is 0. The monoisotopic (exact) mass is 283 g/mol. The summed E-state index contributed by atoms with van der Waals surface area (Å²) in [5, 5.41) is 1.20. The molecular weight excluding hydrogens is 258 g/mol. The molecule has 0 spiro atoms. The molecule has 3 rings (SSSR count). The van der Waals surface area contributed by atoms with E-state index in [0.717, 1.165) is 5.52 Å². The molecule has 1 aliphatic carbocycles. The van der Waals surface area contributed by atoms with Crippen LogP contribution in [0.5, 0.6) is 0 Å². The van der Waals surface area contributed by atoms with Gasteiger partial charge < -0.3 is 0 Å². The molecule has 3 heteroatoms. The molecule has 0 bridgehead atoms. The van der Waals surface area contributed by atoms with Gasteiger partial charge in [0.05, 0.1) is 11.6 Å². The van der Waals surface area contributed by atoms with E-state index < -0.39 is 0 Å². The maximum atomic E-state index is 5.94. The second kappa shape index (κ2) is 7.01. The summed E-state index contributed by atoms with van der Waals surface area (Å²) in [5.41, 5.74) is 5.43. The van der Waals surface area contributed by atoms with Crippen molar-refractivity contribution in [3.63, 3.8) is 0 Å². The van der Waals surface area contributed by atoms with Gasteiger partial charge in [0.15, 0.2) is 0 Å². The minimum Gasteiger partial charge on any atom is -0.271 e. The van der Waals surface area contributed by atoms with Crippen molar-refractivity contribution in [2.75, 3.05) is 0 Å². The number of hydrazine groups is 1. The van der Waals surface area contributed by atoms with E-state index in [4.69, 9.17) is 5.84 Å². The number of para-hydroxylation sites is 1. The molecule has 2 aromatic rings. The summed E-state index contributed by atoms with van der Waals surface area (Å²) in [6, 6.07) is 10.7. The Kier molecular flexibility index (Phi) is 4.84. The number of nitrogens with zero attached hydrogens (tertiary/aromatic N) is 1. The molecule has 1 heterocycles. The van der Waals surface area contributed by atoms with Crippen LogP contribution in [0.2, 0.25) is 0 Å². The van der Waals surface area contributed by atoms with Gasteiger partial charge >= 0.3 is 0 Å². The Morgan fingerprint density at radius 2 is 1.71 bits per heavy atom. The topological polar surface area (TPSA) is 50.9 Å². The molecule has 3 N–H and O–H groups in total. The van der Waals surface area contributed by atoms with Crippen LogP contribution in [0.4, 0.5) is 0 Å². The Bertz CT molecular complexity index is 568. The highest BCUT2D eigenvalue weighted by molar-refractivity contribution is 5.82. The Morgan fingerprint density at radius 3 is 2.48 bits per heavy atom. The second-order valence-corrected chi connectivity index (χ2v) is 6.17. The third-order valence-electron chi connectivity index (χ3n) is 4.80. The van der Waals surface area contributed by atoms with Gasteiger partial charge in [-0.25, -0.2) is 0 Å². The smallest absolute Gasteiger partial charge is 0.0750 e. The summed E-state index contributed by atoms with van der Waals surface area (Å²) in [4.78, 5) is 4.59. The Balaban J connectivity index is 1.93. The third kappa shape index (κ3) is 3.25. The van der Waals surface area contributed by atoms with Crippen molar-refractivity contribution in [1.29, 1.82) is 0 Å². The number of benzene rings is 1. The van der Waals surface area contributed by atoms with Crippen molar-refractivity contribution >= 4 is 10.9 Å². The molecule has 0 amide bonds. The quantitative estimate of drug-likeness (QED) is 0.658. The van der Waals surface area contributed by atoms with E-state index in [1.165, 1.54) is 55.9 Å². The summed E-state index contributed by atoms with van der Waals surface area (Å²) >= 11 is 0. The number of nitrogens with two attached hydrogens (primary N) is 1. The maximum Gasteiger partial charge on any atom is 0.0750 e. The molecular formula is C18H25N3. The van der Waals surface area contributed by atoms with Crippen LogP contribution in [-0.2, 0) is 0 Å². The molecule has 0 radical (unpaired) electrons. The van der Waals surface area contributed by atoms with Gasteiger partial charge in [0.2, 0.25) is 0 Å². The summed E-state index contributed by atoms with van der Waals surface area (Å²) in [7, 11) is 0. The summed E-state index contributed by atoms with van der Waals surface area (Å²) < 4.78 is 0. The number of aromatic nitrogens is 1. The first-order valence-corrected chi connectivity index (χ1v) is 8.20. The number of hydrogen-bond acceptors (Lipinski definition) is 3. The van der Waals surface area contributed by atoms with Gasteiger partial charge in [-0.15, -0.1) is 0 Å². The van der Waals surface area contributed by atoms with Crippen molar-refractivity contribution < 1.29 is 0 Å². The van der Waals surface area contributed by atoms with Crippen LogP contribution in [0, 0.1) is 5.92 Å². The van der Waals surface area contributed by atoms with Crippen molar-refractivity contribution in [3.05, 3.63) is 42.1 Å². The maximum absolute atomic E-state index is 5.94.